The summed E-state index contributed by atoms with van der Waals surface area (Å²) in [6.07, 6.45) is -1.93. The normalized spacial score (nSPS) is 15.2. The fraction of sp³-hybridized carbons (Fsp3) is 0.431. The number of anilines is 2. The molecule has 2 aliphatic rings. The Bertz CT molecular complexity index is 3990. The smallest absolute Gasteiger partial charge is 0.430 e. The van der Waals surface area contributed by atoms with Gasteiger partial charge in [-0.05, 0) is 106 Å². The SMILES string of the molecule is CCN(CC)c1ccc(C(=C2C=CC(=[N+](CC)CC)C=C2)c2ccc(S(=O)(=O)NCCCC[C@H](NC(=O)Cc3csc(N)[n+]3C)C(=O)N[C@@H](Cc3c[n+](Cc4ccccc4)cn3C)C(=O)NC3CC[NH+](C)CC3)cc2S(=O)(=O)[O-])cc1.O=C([O-])C(F)(F)F.O=C([O-])C(F)(F)F.O=C([O-])C(F)(F)F. The van der Waals surface area contributed by atoms with E-state index in [-0.39, 0.29) is 56.2 Å². The molecular weight excluding hydrogens is 1430 g/mol. The summed E-state index contributed by atoms with van der Waals surface area (Å²) in [6.45, 7) is 13.6. The van der Waals surface area contributed by atoms with Crippen molar-refractivity contribution in [3.05, 3.63) is 149 Å². The molecule has 1 saturated heterocycles. The van der Waals surface area contributed by atoms with Crippen LogP contribution in [0.25, 0.3) is 5.57 Å². The number of aliphatic carboxylic acids is 3. The van der Waals surface area contributed by atoms with Crippen molar-refractivity contribution in [2.45, 2.75) is 126 Å². The number of carboxylic acids is 3. The predicted molar refractivity (Wildman–Crippen MR) is 347 cm³/mol. The number of hydrogen-bond acceptors (Lipinski definition) is 17. The molecule has 2 atom stereocenters. The van der Waals surface area contributed by atoms with Gasteiger partial charge in [0.25, 0.3) is 0 Å². The van der Waals surface area contributed by atoms with Crippen molar-refractivity contribution in [2.24, 2.45) is 14.1 Å². The minimum atomic E-state index is -5.26. The molecule has 2 aromatic heterocycles. The second-order valence-electron chi connectivity index (χ2n) is 23.1. The van der Waals surface area contributed by atoms with E-state index in [4.69, 9.17) is 35.4 Å². The summed E-state index contributed by atoms with van der Waals surface area (Å²) in [5.41, 5.74) is 12.3. The monoisotopic (exact) mass is 1510 g/mol. The topological polar surface area (TPSA) is 360 Å². The number of allylic oxidation sites excluding steroid dienone is 5. The number of aromatic nitrogens is 3. The number of nitrogens with one attached hydrogen (secondary N) is 5. The lowest BCUT2D eigenvalue weighted by Crippen LogP contribution is -3.10. The Morgan fingerprint density at radius 1 is 0.765 bits per heavy atom. The lowest BCUT2D eigenvalue weighted by molar-refractivity contribution is -0.884. The number of rotatable bonds is 26. The number of carbonyl (C=O) groups is 6. The van der Waals surface area contributed by atoms with Crippen molar-refractivity contribution >= 4 is 89.2 Å². The first-order valence-electron chi connectivity index (χ1n) is 31.6. The van der Waals surface area contributed by atoms with Crippen LogP contribution in [-0.2, 0) is 82.4 Å². The predicted octanol–water partition coefficient (Wildman–Crippen LogP) is 0.593. The Morgan fingerprint density at radius 3 is 1.80 bits per heavy atom. The van der Waals surface area contributed by atoms with Gasteiger partial charge in [0.2, 0.25) is 34.1 Å². The van der Waals surface area contributed by atoms with Crippen molar-refractivity contribution in [2.75, 3.05) is 63.5 Å². The van der Waals surface area contributed by atoms with Crippen LogP contribution in [0.4, 0.5) is 50.3 Å². The maximum atomic E-state index is 14.5. The fourth-order valence-corrected chi connectivity index (χ4v) is 13.0. The summed E-state index contributed by atoms with van der Waals surface area (Å²) in [7, 11) is -3.91. The van der Waals surface area contributed by atoms with Crippen LogP contribution >= 0.6 is 11.3 Å². The van der Waals surface area contributed by atoms with Crippen LogP contribution in [-0.4, -0.2) is 161 Å². The molecule has 7 rings (SSSR count). The zero-order chi connectivity index (χ0) is 76.7. The number of quaternary nitrogens is 1. The molecule has 102 heavy (non-hydrogen) atoms. The number of halogens is 9. The van der Waals surface area contributed by atoms with Gasteiger partial charge in [0.1, 0.15) is 77.3 Å². The number of carboxylic acid groups (broad SMARTS) is 3. The molecule has 0 saturated carbocycles. The van der Waals surface area contributed by atoms with E-state index in [1.165, 1.54) is 28.4 Å². The molecule has 5 aromatic rings. The number of nitrogens with zero attached hydrogens (tertiary/aromatic N) is 5. The van der Waals surface area contributed by atoms with Gasteiger partial charge < -0.3 is 60.0 Å². The number of hydrogen-bond donors (Lipinski definition) is 6. The quantitative estimate of drug-likeness (QED) is 0.0191. The van der Waals surface area contributed by atoms with Crippen molar-refractivity contribution < 1.29 is 124 Å². The Hall–Kier alpha value is -9.04. The zero-order valence-corrected chi connectivity index (χ0v) is 58.9. The highest BCUT2D eigenvalue weighted by atomic mass is 32.2. The van der Waals surface area contributed by atoms with Crippen LogP contribution in [0.3, 0.4) is 0 Å². The summed E-state index contributed by atoms with van der Waals surface area (Å²) in [5.74, 6) is -10.4. The Balaban J connectivity index is 0.000000910. The Kier molecular flexibility index (Phi) is 32.0. The van der Waals surface area contributed by atoms with E-state index in [0.29, 0.717) is 34.1 Å². The molecule has 3 amide bonds. The molecule has 25 nitrogen and oxygen atoms in total. The highest BCUT2D eigenvalue weighted by molar-refractivity contribution is 7.89. The van der Waals surface area contributed by atoms with E-state index in [1.54, 1.807) is 17.0 Å². The summed E-state index contributed by atoms with van der Waals surface area (Å²) < 4.78 is 173. The standard InChI is InChI=1S/C59H77N11O8S3.3C2HF3O2/c1-8-69(9-2)46-24-20-43(21-25-46)56(44-22-26-47(27-23-44)70(10-3)11-4)51-29-28-50(37-54(51)81(76,77)78)80(74,75)61-32-16-15-19-52(63-55(71)36-49-40-79-59(60)67(49)7)57(72)64-53(58(73)62-45-30-33-65(5)34-31-45)35-48-39-68(41-66(48)6)38-42-17-13-12-14-18-42;3*3-2(4,5)1(6)7/h12-14,17-18,20-29,37,39-41,45,52-53,60-61H,8-11,15-16,19,30-36,38H2,1-7H3,(H2-2,62,63,64,71,72,73,76,77,78);3*(H,6,7)/t52-,53-;;;/m0.../s1. The van der Waals surface area contributed by atoms with Gasteiger partial charge in [-0.1, -0.05) is 59.9 Å². The minimum Gasteiger partial charge on any atom is -0.744 e. The molecule has 1 aliphatic carbocycles. The van der Waals surface area contributed by atoms with Crippen molar-refractivity contribution in [1.29, 1.82) is 0 Å². The van der Waals surface area contributed by atoms with Crippen LogP contribution in [0, 0.1) is 0 Å². The maximum Gasteiger partial charge on any atom is 0.430 e. The Labute approximate surface area is 587 Å². The van der Waals surface area contributed by atoms with Gasteiger partial charge in [-0.25, -0.2) is 39.8 Å². The molecule has 0 unspecified atom stereocenters. The highest BCUT2D eigenvalue weighted by Crippen LogP contribution is 2.36. The first-order chi connectivity index (χ1) is 47.5. The van der Waals surface area contributed by atoms with E-state index in [9.17, 15) is 75.3 Å². The van der Waals surface area contributed by atoms with Crippen LogP contribution < -0.4 is 60.7 Å². The number of imidazole rings is 1. The lowest BCUT2D eigenvalue weighted by Gasteiger charge is -2.29. The second-order valence-corrected chi connectivity index (χ2v) is 27.1. The zero-order valence-electron chi connectivity index (χ0n) is 56.5. The molecule has 0 radical (unpaired) electrons. The summed E-state index contributed by atoms with van der Waals surface area (Å²) in [5, 5.41) is 37.7. The number of sulfonamides is 1. The van der Waals surface area contributed by atoms with Crippen molar-refractivity contribution in [3.63, 3.8) is 0 Å². The highest BCUT2D eigenvalue weighted by Gasteiger charge is 2.34. The molecule has 0 spiro atoms. The number of aryl methyl sites for hydroxylation is 1. The minimum absolute atomic E-state index is 0.0514. The number of nitrogen functional groups attached to an aromatic ring is 1. The van der Waals surface area contributed by atoms with Crippen LogP contribution in [0.2, 0.25) is 0 Å². The number of unbranched alkanes of at least 4 members (excludes halogenated alkanes) is 1. The summed E-state index contributed by atoms with van der Waals surface area (Å²) in [6, 6.07) is 18.9. The molecule has 560 valence electrons. The molecule has 3 aromatic carbocycles. The number of alkyl halides is 9. The molecule has 1 fully saturated rings. The van der Waals surface area contributed by atoms with Crippen LogP contribution in [0.5, 0.6) is 0 Å². The molecule has 37 heteroatoms. The third-order valence-electron chi connectivity index (χ3n) is 15.9. The first-order valence-corrected chi connectivity index (χ1v) is 35.3. The number of likely N-dealkylation sites (tertiary alicyclic amines) is 1. The number of nitrogens with two attached hydrogens (primary N) is 1. The third kappa shape index (κ3) is 26.7. The lowest BCUT2D eigenvalue weighted by atomic mass is 9.90. The molecule has 7 N–H and O–H groups in total. The maximum absolute atomic E-state index is 14.5. The van der Waals surface area contributed by atoms with E-state index < -0.39 is 90.3 Å². The number of thiazole rings is 1. The van der Waals surface area contributed by atoms with Gasteiger partial charge in [0.15, 0.2) is 5.71 Å². The van der Waals surface area contributed by atoms with E-state index in [2.05, 4.69) is 64.9 Å². The first kappa shape index (κ1) is 85.4. The average Bonchev–Trinajstić information content (AvgIpc) is 0.929. The molecule has 1 aliphatic heterocycles. The molecular formula is C65H80F9N11O14S3. The average molecular weight is 1510 g/mol. The van der Waals surface area contributed by atoms with Crippen molar-refractivity contribution in [3.8, 4) is 0 Å². The van der Waals surface area contributed by atoms with E-state index in [1.807, 2.05) is 108 Å². The van der Waals surface area contributed by atoms with Crippen molar-refractivity contribution in [1.82, 2.24) is 25.2 Å². The third-order valence-corrected chi connectivity index (χ3v) is 19.1. The largest absolute Gasteiger partial charge is 0.744 e. The molecule has 3 heterocycles. The van der Waals surface area contributed by atoms with Gasteiger partial charge in [0, 0.05) is 73.7 Å². The van der Waals surface area contributed by atoms with Gasteiger partial charge in [0.05, 0.1) is 50.4 Å². The fourth-order valence-electron chi connectivity index (χ4n) is 10.4. The molecule has 0 bridgehead atoms. The second kappa shape index (κ2) is 38.3. The van der Waals surface area contributed by atoms with E-state index >= 15 is 0 Å². The number of piperidine rings is 1. The van der Waals surface area contributed by atoms with Gasteiger partial charge in [-0.3, -0.25) is 20.1 Å². The van der Waals surface area contributed by atoms with E-state index in [0.717, 1.165) is 80.8 Å². The number of carbonyl (C=O) groups excluding carboxylic acids is 6. The summed E-state index contributed by atoms with van der Waals surface area (Å²) in [4.78, 5) is 71.3. The summed E-state index contributed by atoms with van der Waals surface area (Å²) >= 11 is 1.28. The van der Waals surface area contributed by atoms with Crippen LogP contribution in [0.15, 0.2) is 130 Å². The van der Waals surface area contributed by atoms with Gasteiger partial charge in [-0.2, -0.15) is 39.5 Å². The van der Waals surface area contributed by atoms with Gasteiger partial charge >= 0.3 is 23.7 Å². The Morgan fingerprint density at radius 2 is 1.31 bits per heavy atom. The number of benzene rings is 3. The number of amides is 3. The van der Waals surface area contributed by atoms with Crippen LogP contribution in [0.1, 0.15) is 87.9 Å². The van der Waals surface area contributed by atoms with Gasteiger partial charge in [-0.15, -0.1) is 0 Å².